The maximum Gasteiger partial charge on any atom is 0.297 e. The van der Waals surface area contributed by atoms with E-state index in [4.69, 9.17) is 4.42 Å². The highest BCUT2D eigenvalue weighted by Gasteiger charge is 2.28. The van der Waals surface area contributed by atoms with Gasteiger partial charge in [0.1, 0.15) is 0 Å². The molecule has 1 saturated heterocycles. The molecule has 0 bridgehead atoms. The van der Waals surface area contributed by atoms with Crippen molar-refractivity contribution in [2.75, 3.05) is 31.1 Å². The van der Waals surface area contributed by atoms with Gasteiger partial charge in [-0.1, -0.05) is 31.5 Å². The molecule has 0 radical (unpaired) electrons. The molecule has 6 heteroatoms. The standard InChI is InChI=1S/C26H36N4O2/c1-5-8-19(15-20-17-27-22-10-7-6-9-21(20)22)16-23(31)24-18-28-25(32-24)29-11-13-30(14-12-29)26(2,3)4/h6-7,9-10,17-19,27H,5,8,11-16H2,1-4H3. The number of H-pyrrole nitrogens is 1. The van der Waals surface area contributed by atoms with Crippen molar-refractivity contribution in [1.82, 2.24) is 14.9 Å². The van der Waals surface area contributed by atoms with E-state index < -0.39 is 0 Å². The Morgan fingerprint density at radius 1 is 1.19 bits per heavy atom. The van der Waals surface area contributed by atoms with E-state index in [0.29, 0.717) is 18.2 Å². The fourth-order valence-corrected chi connectivity index (χ4v) is 4.77. The molecule has 1 aliphatic rings. The summed E-state index contributed by atoms with van der Waals surface area (Å²) in [7, 11) is 0. The quantitative estimate of drug-likeness (QED) is 0.485. The number of nitrogens with zero attached hydrogens (tertiary/aromatic N) is 3. The van der Waals surface area contributed by atoms with Crippen LogP contribution in [0, 0.1) is 5.92 Å². The molecule has 172 valence electrons. The van der Waals surface area contributed by atoms with Gasteiger partial charge in [-0.2, -0.15) is 0 Å². The number of carbonyl (C=O) groups excluding carboxylic acids is 1. The molecule has 0 aliphatic carbocycles. The zero-order valence-electron chi connectivity index (χ0n) is 19.9. The van der Waals surface area contributed by atoms with E-state index in [1.54, 1.807) is 6.20 Å². The van der Waals surface area contributed by atoms with E-state index in [9.17, 15) is 4.79 Å². The molecule has 3 aromatic rings. The van der Waals surface area contributed by atoms with Crippen LogP contribution in [0.4, 0.5) is 6.01 Å². The Hall–Kier alpha value is -2.60. The Morgan fingerprint density at radius 2 is 1.94 bits per heavy atom. The van der Waals surface area contributed by atoms with Gasteiger partial charge in [0.05, 0.1) is 6.20 Å². The van der Waals surface area contributed by atoms with Gasteiger partial charge in [-0.3, -0.25) is 9.69 Å². The third kappa shape index (κ3) is 5.07. The van der Waals surface area contributed by atoms with Crippen LogP contribution in [0.3, 0.4) is 0 Å². The summed E-state index contributed by atoms with van der Waals surface area (Å²) in [6.45, 7) is 12.6. The van der Waals surface area contributed by atoms with Gasteiger partial charge in [-0.15, -0.1) is 0 Å². The van der Waals surface area contributed by atoms with Crippen LogP contribution >= 0.6 is 0 Å². The van der Waals surface area contributed by atoms with Crippen molar-refractivity contribution in [3.8, 4) is 0 Å². The van der Waals surface area contributed by atoms with Crippen LogP contribution in [0.1, 0.15) is 63.1 Å². The average Bonchev–Trinajstić information content (AvgIpc) is 3.41. The van der Waals surface area contributed by atoms with Crippen LogP contribution in [-0.2, 0) is 6.42 Å². The van der Waals surface area contributed by atoms with Gasteiger partial charge in [-0.05, 0) is 51.2 Å². The lowest BCUT2D eigenvalue weighted by Gasteiger charge is -2.41. The minimum absolute atomic E-state index is 0.0513. The van der Waals surface area contributed by atoms with Crippen LogP contribution in [0.2, 0.25) is 0 Å². The summed E-state index contributed by atoms with van der Waals surface area (Å²) in [5, 5.41) is 1.25. The molecule has 1 unspecified atom stereocenters. The van der Waals surface area contributed by atoms with Gasteiger partial charge >= 0.3 is 0 Å². The van der Waals surface area contributed by atoms with Crippen molar-refractivity contribution in [3.63, 3.8) is 0 Å². The number of aromatic amines is 1. The number of hydrogen-bond acceptors (Lipinski definition) is 5. The number of benzene rings is 1. The fraction of sp³-hybridized carbons (Fsp3) is 0.538. The minimum Gasteiger partial charge on any atom is -0.420 e. The molecule has 6 nitrogen and oxygen atoms in total. The summed E-state index contributed by atoms with van der Waals surface area (Å²) >= 11 is 0. The van der Waals surface area contributed by atoms with Gasteiger partial charge in [0.15, 0.2) is 11.5 Å². The Balaban J connectivity index is 1.39. The van der Waals surface area contributed by atoms with Gasteiger partial charge in [0.25, 0.3) is 6.01 Å². The monoisotopic (exact) mass is 436 g/mol. The van der Waals surface area contributed by atoms with Gasteiger partial charge in [0, 0.05) is 55.2 Å². The molecule has 3 heterocycles. The SMILES string of the molecule is CCCC(CC(=O)c1cnc(N2CCN(C(C)(C)C)CC2)o1)Cc1c[nH]c2ccccc12. The van der Waals surface area contributed by atoms with E-state index in [-0.39, 0.29) is 17.2 Å². The highest BCUT2D eigenvalue weighted by Crippen LogP contribution is 2.27. The molecule has 1 fully saturated rings. The summed E-state index contributed by atoms with van der Waals surface area (Å²) in [5.74, 6) is 0.726. The normalized spacial score (nSPS) is 16.6. The number of para-hydroxylation sites is 1. The maximum absolute atomic E-state index is 13.0. The smallest absolute Gasteiger partial charge is 0.297 e. The van der Waals surface area contributed by atoms with Crippen LogP contribution in [0.15, 0.2) is 41.1 Å². The second-order valence-corrected chi connectivity index (χ2v) is 10.00. The number of hydrogen-bond donors (Lipinski definition) is 1. The molecule has 32 heavy (non-hydrogen) atoms. The zero-order valence-corrected chi connectivity index (χ0v) is 19.9. The van der Waals surface area contributed by atoms with Crippen LogP contribution < -0.4 is 4.90 Å². The van der Waals surface area contributed by atoms with E-state index in [1.165, 1.54) is 10.9 Å². The third-order valence-electron chi connectivity index (χ3n) is 6.62. The van der Waals surface area contributed by atoms with Crippen molar-refractivity contribution >= 4 is 22.7 Å². The second-order valence-electron chi connectivity index (χ2n) is 10.00. The van der Waals surface area contributed by atoms with Crippen molar-refractivity contribution in [2.24, 2.45) is 5.92 Å². The topological polar surface area (TPSA) is 65.4 Å². The first kappa shape index (κ1) is 22.6. The second kappa shape index (κ2) is 9.49. The van der Waals surface area contributed by atoms with Crippen molar-refractivity contribution in [3.05, 3.63) is 48.0 Å². The Kier molecular flexibility index (Phi) is 6.70. The number of carbonyl (C=O) groups is 1. The molecule has 4 rings (SSSR count). The summed E-state index contributed by atoms with van der Waals surface area (Å²) in [5.41, 5.74) is 2.60. The highest BCUT2D eigenvalue weighted by molar-refractivity contribution is 5.93. The number of ketones is 1. The highest BCUT2D eigenvalue weighted by atomic mass is 16.4. The molecule has 2 aromatic heterocycles. The molecule has 0 amide bonds. The van der Waals surface area contributed by atoms with Crippen molar-refractivity contribution < 1.29 is 9.21 Å². The number of fused-ring (bicyclic) bond motifs is 1. The van der Waals surface area contributed by atoms with Crippen molar-refractivity contribution in [2.45, 2.75) is 58.9 Å². The Labute approximate surface area is 191 Å². The first-order valence-electron chi connectivity index (χ1n) is 11.9. The van der Waals surface area contributed by atoms with E-state index in [0.717, 1.165) is 51.0 Å². The van der Waals surface area contributed by atoms with Crippen molar-refractivity contribution in [1.29, 1.82) is 0 Å². The number of anilines is 1. The molecule has 0 spiro atoms. The average molecular weight is 437 g/mol. The predicted octanol–water partition coefficient (Wildman–Crippen LogP) is 5.31. The fourth-order valence-electron chi connectivity index (χ4n) is 4.77. The van der Waals surface area contributed by atoms with E-state index >= 15 is 0 Å². The molecule has 1 aliphatic heterocycles. The number of rotatable bonds is 8. The summed E-state index contributed by atoms with van der Waals surface area (Å²) in [6, 6.07) is 8.92. The van der Waals surface area contributed by atoms with Gasteiger partial charge < -0.3 is 14.3 Å². The largest absolute Gasteiger partial charge is 0.420 e. The lowest BCUT2D eigenvalue weighted by atomic mass is 9.90. The minimum atomic E-state index is 0.0513. The summed E-state index contributed by atoms with van der Waals surface area (Å²) < 4.78 is 5.93. The summed E-state index contributed by atoms with van der Waals surface area (Å²) in [4.78, 5) is 25.4. The lowest BCUT2D eigenvalue weighted by Crippen LogP contribution is -2.53. The third-order valence-corrected chi connectivity index (χ3v) is 6.62. The molecule has 1 aromatic carbocycles. The zero-order chi connectivity index (χ0) is 22.7. The molecule has 0 saturated carbocycles. The molecule has 1 atom stereocenters. The van der Waals surface area contributed by atoms with Crippen LogP contribution in [0.5, 0.6) is 0 Å². The predicted molar refractivity (Wildman–Crippen MR) is 129 cm³/mol. The molecule has 1 N–H and O–H groups in total. The van der Waals surface area contributed by atoms with Crippen LogP contribution in [0.25, 0.3) is 10.9 Å². The Bertz CT molecular complexity index is 1040. The molecular formula is C26H36N4O2. The number of piperazine rings is 1. The number of nitrogens with one attached hydrogen (secondary N) is 1. The first-order valence-corrected chi connectivity index (χ1v) is 11.9. The maximum atomic E-state index is 13.0. The van der Waals surface area contributed by atoms with Gasteiger partial charge in [0.2, 0.25) is 0 Å². The first-order chi connectivity index (χ1) is 15.3. The number of aromatic nitrogens is 2. The number of oxazole rings is 1. The van der Waals surface area contributed by atoms with E-state index in [1.807, 2.05) is 6.07 Å². The lowest BCUT2D eigenvalue weighted by molar-refractivity contribution is 0.0931. The number of Topliss-reactive ketones (excluding diaryl/α,β-unsaturated/α-hetero) is 1. The van der Waals surface area contributed by atoms with E-state index in [2.05, 4.69) is 71.9 Å². The van der Waals surface area contributed by atoms with Crippen LogP contribution in [-0.4, -0.2) is 52.4 Å². The summed E-state index contributed by atoms with van der Waals surface area (Å²) in [6.07, 6.45) is 7.14. The Morgan fingerprint density at radius 3 is 2.66 bits per heavy atom. The molecular weight excluding hydrogens is 400 g/mol. The van der Waals surface area contributed by atoms with Gasteiger partial charge in [-0.25, -0.2) is 4.98 Å².